The molecule has 1 aromatic heterocycles. The molecule has 0 aliphatic carbocycles. The minimum absolute atomic E-state index is 0.281. The van der Waals surface area contributed by atoms with Crippen molar-refractivity contribution in [3.8, 4) is 17.0 Å². The Hall–Kier alpha value is -2.27. The molecule has 0 spiro atoms. The molecule has 0 aliphatic heterocycles. The summed E-state index contributed by atoms with van der Waals surface area (Å²) in [5, 5.41) is 0. The van der Waals surface area contributed by atoms with E-state index in [0.29, 0.717) is 19.0 Å². The number of hydrogen-bond acceptors (Lipinski definition) is 5. The van der Waals surface area contributed by atoms with Gasteiger partial charge in [0.05, 0.1) is 30.1 Å². The van der Waals surface area contributed by atoms with Crippen LogP contribution in [0.2, 0.25) is 0 Å². The number of rotatable bonds is 12. The highest BCUT2D eigenvalue weighted by atomic mass is 16.5. The fourth-order valence-electron chi connectivity index (χ4n) is 2.75. The number of nitrogens with zero attached hydrogens (tertiary/aromatic N) is 2. The maximum Gasteiger partial charge on any atom is 0.316 e. The zero-order chi connectivity index (χ0) is 20.2. The van der Waals surface area contributed by atoms with E-state index in [1.54, 1.807) is 12.1 Å². The van der Waals surface area contributed by atoms with Crippen molar-refractivity contribution >= 4 is 5.97 Å². The minimum atomic E-state index is -0.290. The highest BCUT2D eigenvalue weighted by Gasteiger charge is 2.15. The van der Waals surface area contributed by atoms with Crippen molar-refractivity contribution in [1.29, 1.82) is 0 Å². The van der Waals surface area contributed by atoms with Crippen LogP contribution < -0.4 is 4.74 Å². The third-order valence-corrected chi connectivity index (χ3v) is 4.48. The van der Waals surface area contributed by atoms with E-state index in [1.807, 2.05) is 38.4 Å². The molecule has 2 rings (SSSR count). The number of aromatic nitrogens is 2. The van der Waals surface area contributed by atoms with Gasteiger partial charge in [0.2, 0.25) is 0 Å². The number of carbonyl (C=O) groups excluding carboxylic acids is 1. The average Bonchev–Trinajstić information content (AvgIpc) is 2.72. The molecular formula is C23H32N2O3. The second-order valence-corrected chi connectivity index (χ2v) is 7.13. The zero-order valence-electron chi connectivity index (χ0n) is 17.3. The average molecular weight is 385 g/mol. The van der Waals surface area contributed by atoms with E-state index in [-0.39, 0.29) is 11.9 Å². The molecule has 1 atom stereocenters. The highest BCUT2D eigenvalue weighted by molar-refractivity contribution is 5.75. The van der Waals surface area contributed by atoms with Crippen molar-refractivity contribution in [2.24, 2.45) is 5.92 Å². The van der Waals surface area contributed by atoms with Crippen LogP contribution in [0, 0.1) is 5.92 Å². The Labute approximate surface area is 168 Å². The lowest BCUT2D eigenvalue weighted by molar-refractivity contribution is -0.140. The van der Waals surface area contributed by atoms with Crippen LogP contribution >= 0.6 is 0 Å². The molecule has 5 heteroatoms. The SMILES string of the molecule is CCCCCCc1cnc(-c2ccc(OC(=O)C(C)COCCC)cc2)cn1. The van der Waals surface area contributed by atoms with Gasteiger partial charge in [-0.05, 0) is 50.5 Å². The number of aryl methyl sites for hydroxylation is 1. The van der Waals surface area contributed by atoms with Crippen molar-refractivity contribution < 1.29 is 14.3 Å². The van der Waals surface area contributed by atoms with Gasteiger partial charge in [-0.25, -0.2) is 0 Å². The number of unbranched alkanes of at least 4 members (excludes halogenated alkanes) is 3. The lowest BCUT2D eigenvalue weighted by atomic mass is 10.1. The number of ether oxygens (including phenoxy) is 2. The van der Waals surface area contributed by atoms with E-state index in [4.69, 9.17) is 9.47 Å². The van der Waals surface area contributed by atoms with Crippen molar-refractivity contribution in [2.45, 2.75) is 59.3 Å². The summed E-state index contributed by atoms with van der Waals surface area (Å²) in [6.45, 7) is 7.10. The quantitative estimate of drug-likeness (QED) is 0.285. The molecule has 0 fully saturated rings. The van der Waals surface area contributed by atoms with Crippen LogP contribution in [0.4, 0.5) is 0 Å². The molecule has 0 saturated heterocycles. The highest BCUT2D eigenvalue weighted by Crippen LogP contribution is 2.21. The van der Waals surface area contributed by atoms with Gasteiger partial charge < -0.3 is 9.47 Å². The number of carbonyl (C=O) groups is 1. The van der Waals surface area contributed by atoms with Crippen LogP contribution in [0.15, 0.2) is 36.7 Å². The maximum atomic E-state index is 12.1. The molecule has 5 nitrogen and oxygen atoms in total. The molecule has 0 bridgehead atoms. The topological polar surface area (TPSA) is 61.3 Å². The second kappa shape index (κ2) is 12.2. The molecule has 0 aliphatic rings. The summed E-state index contributed by atoms with van der Waals surface area (Å²) in [4.78, 5) is 21.1. The Morgan fingerprint density at radius 2 is 1.79 bits per heavy atom. The third-order valence-electron chi connectivity index (χ3n) is 4.48. The van der Waals surface area contributed by atoms with Crippen molar-refractivity contribution in [3.05, 3.63) is 42.4 Å². The summed E-state index contributed by atoms with van der Waals surface area (Å²) in [6.07, 6.45) is 10.5. The minimum Gasteiger partial charge on any atom is -0.426 e. The largest absolute Gasteiger partial charge is 0.426 e. The molecule has 1 heterocycles. The number of hydrogen-bond donors (Lipinski definition) is 0. The van der Waals surface area contributed by atoms with Crippen molar-refractivity contribution in [3.63, 3.8) is 0 Å². The molecule has 1 aromatic carbocycles. The Balaban J connectivity index is 1.87. The van der Waals surface area contributed by atoms with E-state index in [2.05, 4.69) is 16.9 Å². The normalized spacial score (nSPS) is 12.0. The lowest BCUT2D eigenvalue weighted by Crippen LogP contribution is -2.22. The molecule has 28 heavy (non-hydrogen) atoms. The molecule has 0 saturated carbocycles. The van der Waals surface area contributed by atoms with E-state index >= 15 is 0 Å². The Morgan fingerprint density at radius 1 is 1.00 bits per heavy atom. The summed E-state index contributed by atoms with van der Waals surface area (Å²) < 4.78 is 10.8. The van der Waals surface area contributed by atoms with Crippen LogP contribution in [0.3, 0.4) is 0 Å². The molecular weight excluding hydrogens is 352 g/mol. The summed E-state index contributed by atoms with van der Waals surface area (Å²) in [6, 6.07) is 7.36. The number of benzene rings is 1. The Morgan fingerprint density at radius 3 is 2.43 bits per heavy atom. The fourth-order valence-corrected chi connectivity index (χ4v) is 2.75. The van der Waals surface area contributed by atoms with Gasteiger partial charge in [-0.2, -0.15) is 0 Å². The molecule has 2 aromatic rings. The monoisotopic (exact) mass is 384 g/mol. The van der Waals surface area contributed by atoms with Gasteiger partial charge in [-0.3, -0.25) is 14.8 Å². The first-order valence-corrected chi connectivity index (χ1v) is 10.3. The van der Waals surface area contributed by atoms with Gasteiger partial charge in [0.25, 0.3) is 0 Å². The zero-order valence-corrected chi connectivity index (χ0v) is 17.3. The van der Waals surface area contributed by atoms with E-state index in [0.717, 1.165) is 36.2 Å². The van der Waals surface area contributed by atoms with E-state index < -0.39 is 0 Å². The number of esters is 1. The van der Waals surface area contributed by atoms with Gasteiger partial charge in [-0.1, -0.05) is 33.1 Å². The van der Waals surface area contributed by atoms with Crippen LogP contribution in [0.1, 0.15) is 58.6 Å². The van der Waals surface area contributed by atoms with E-state index in [1.165, 1.54) is 19.3 Å². The summed E-state index contributed by atoms with van der Waals surface area (Å²) in [7, 11) is 0. The van der Waals surface area contributed by atoms with Gasteiger partial charge in [0.15, 0.2) is 0 Å². The summed E-state index contributed by atoms with van der Waals surface area (Å²) in [5.41, 5.74) is 2.80. The van der Waals surface area contributed by atoms with Gasteiger partial charge in [0.1, 0.15) is 5.75 Å². The molecule has 0 N–H and O–H groups in total. The first-order valence-electron chi connectivity index (χ1n) is 10.3. The summed E-state index contributed by atoms with van der Waals surface area (Å²) in [5.74, 6) is -0.0466. The lowest BCUT2D eigenvalue weighted by Gasteiger charge is -2.11. The molecule has 152 valence electrons. The maximum absolute atomic E-state index is 12.1. The molecule has 1 unspecified atom stereocenters. The Bertz CT molecular complexity index is 699. The summed E-state index contributed by atoms with van der Waals surface area (Å²) >= 11 is 0. The van der Waals surface area contributed by atoms with E-state index in [9.17, 15) is 4.79 Å². The van der Waals surface area contributed by atoms with Crippen LogP contribution in [0.5, 0.6) is 5.75 Å². The fraction of sp³-hybridized carbons (Fsp3) is 0.522. The third kappa shape index (κ3) is 7.39. The first kappa shape index (κ1) is 22.0. The first-order chi connectivity index (χ1) is 13.6. The molecule has 0 amide bonds. The predicted octanol–water partition coefficient (Wildman–Crippen LogP) is 5.23. The van der Waals surface area contributed by atoms with Crippen LogP contribution in [-0.2, 0) is 16.0 Å². The predicted molar refractivity (Wildman–Crippen MR) is 111 cm³/mol. The standard InChI is InChI=1S/C23H32N2O3/c1-4-6-7-8-9-20-15-25-22(16-24-20)19-10-12-21(13-11-19)28-23(26)18(3)17-27-14-5-2/h10-13,15-16,18H,4-9,14,17H2,1-3H3. The van der Waals surface area contributed by atoms with Crippen molar-refractivity contribution in [1.82, 2.24) is 9.97 Å². The van der Waals surface area contributed by atoms with Gasteiger partial charge in [0, 0.05) is 18.4 Å². The molecule has 0 radical (unpaired) electrons. The van der Waals surface area contributed by atoms with Crippen molar-refractivity contribution in [2.75, 3.05) is 13.2 Å². The second-order valence-electron chi connectivity index (χ2n) is 7.13. The Kier molecular flexibility index (Phi) is 9.63. The smallest absolute Gasteiger partial charge is 0.316 e. The van der Waals surface area contributed by atoms with Crippen LogP contribution in [0.25, 0.3) is 11.3 Å². The van der Waals surface area contributed by atoms with Gasteiger partial charge in [-0.15, -0.1) is 0 Å². The van der Waals surface area contributed by atoms with Crippen LogP contribution in [-0.4, -0.2) is 29.2 Å². The van der Waals surface area contributed by atoms with Gasteiger partial charge >= 0.3 is 5.97 Å².